The lowest BCUT2D eigenvalue weighted by molar-refractivity contribution is -0.133. The molecule has 6 heteroatoms. The van der Waals surface area contributed by atoms with E-state index in [1.165, 1.54) is 12.1 Å². The van der Waals surface area contributed by atoms with Crippen LogP contribution in [0.1, 0.15) is 40.2 Å². The first kappa shape index (κ1) is 19.4. The van der Waals surface area contributed by atoms with Crippen LogP contribution in [-0.4, -0.2) is 14.5 Å². The average molecular weight is 363 g/mol. The summed E-state index contributed by atoms with van der Waals surface area (Å²) in [5, 5.41) is 0. The molecule has 136 valence electrons. The van der Waals surface area contributed by atoms with Gasteiger partial charge in [-0.3, -0.25) is 4.84 Å². The first-order chi connectivity index (χ1) is 11.6. The summed E-state index contributed by atoms with van der Waals surface area (Å²) in [6.07, 6.45) is -0.0317. The molecular weight excluding hydrogens is 338 g/mol. The van der Waals surface area contributed by atoms with E-state index in [2.05, 4.69) is 26.4 Å². The highest BCUT2D eigenvalue weighted by Crippen LogP contribution is 2.27. The molecule has 0 unspecified atom stereocenters. The van der Waals surface area contributed by atoms with Crippen molar-refractivity contribution in [3.63, 3.8) is 0 Å². The molecule has 0 aliphatic carbocycles. The maximum Gasteiger partial charge on any atom is 0.206 e. The van der Waals surface area contributed by atoms with Crippen LogP contribution in [0.4, 0.5) is 0 Å². The van der Waals surface area contributed by atoms with Gasteiger partial charge in [-0.2, -0.15) is 0 Å². The second kappa shape index (κ2) is 7.56. The van der Waals surface area contributed by atoms with Gasteiger partial charge in [0.15, 0.2) is 0 Å². The molecule has 0 fully saturated rings. The SMILES string of the molecule is CC(C)ONOc1ccc(S(=O)(=O)c2ccc(C(C)(C)C)cc2)cc1. The first-order valence-electron chi connectivity index (χ1n) is 8.14. The molecule has 0 spiro atoms. The van der Waals surface area contributed by atoms with Gasteiger partial charge in [0.1, 0.15) is 5.75 Å². The lowest BCUT2D eigenvalue weighted by Crippen LogP contribution is -2.23. The Morgan fingerprint density at radius 3 is 1.80 bits per heavy atom. The molecule has 0 radical (unpaired) electrons. The van der Waals surface area contributed by atoms with Crippen molar-refractivity contribution >= 4 is 9.84 Å². The Labute approximate surface area is 149 Å². The Morgan fingerprint density at radius 1 is 0.880 bits per heavy atom. The molecule has 25 heavy (non-hydrogen) atoms. The van der Waals surface area contributed by atoms with Crippen LogP contribution in [0.15, 0.2) is 58.3 Å². The molecule has 0 saturated heterocycles. The lowest BCUT2D eigenvalue weighted by Gasteiger charge is -2.19. The van der Waals surface area contributed by atoms with Crippen LogP contribution in [-0.2, 0) is 20.1 Å². The predicted molar refractivity (Wildman–Crippen MR) is 97.0 cm³/mol. The van der Waals surface area contributed by atoms with Crippen molar-refractivity contribution in [1.82, 2.24) is 5.64 Å². The van der Waals surface area contributed by atoms with E-state index >= 15 is 0 Å². The normalized spacial score (nSPS) is 12.4. The topological polar surface area (TPSA) is 64.6 Å². The van der Waals surface area contributed by atoms with Crippen molar-refractivity contribution < 1.29 is 18.1 Å². The van der Waals surface area contributed by atoms with E-state index in [1.807, 2.05) is 26.0 Å². The Morgan fingerprint density at radius 2 is 1.36 bits per heavy atom. The van der Waals surface area contributed by atoms with E-state index < -0.39 is 9.84 Å². The zero-order valence-electron chi connectivity index (χ0n) is 15.2. The number of sulfone groups is 1. The van der Waals surface area contributed by atoms with Gasteiger partial charge >= 0.3 is 0 Å². The van der Waals surface area contributed by atoms with Gasteiger partial charge in [-0.05, 0) is 66.9 Å². The standard InChI is InChI=1S/C19H25NO4S/c1-14(2)23-20-24-16-8-12-18(13-9-16)25(21,22)17-10-6-15(7-11-17)19(3,4)5/h6-14,20H,1-5H3. The van der Waals surface area contributed by atoms with E-state index in [0.29, 0.717) is 5.75 Å². The lowest BCUT2D eigenvalue weighted by atomic mass is 9.87. The number of rotatable bonds is 6. The van der Waals surface area contributed by atoms with Crippen molar-refractivity contribution in [2.45, 2.75) is 55.9 Å². The molecule has 0 amide bonds. The Bertz CT molecular complexity index is 789. The van der Waals surface area contributed by atoms with Crippen LogP contribution in [0, 0.1) is 0 Å². The maximum absolute atomic E-state index is 12.7. The second-order valence-electron chi connectivity index (χ2n) is 7.10. The molecule has 0 aliphatic heterocycles. The summed E-state index contributed by atoms with van der Waals surface area (Å²) in [7, 11) is -3.56. The summed E-state index contributed by atoms with van der Waals surface area (Å²) in [5.41, 5.74) is 3.43. The minimum absolute atomic E-state index is 0.0215. The predicted octanol–water partition coefficient (Wildman–Crippen LogP) is 4.04. The highest BCUT2D eigenvalue weighted by molar-refractivity contribution is 7.91. The highest BCUT2D eigenvalue weighted by Gasteiger charge is 2.19. The number of hydrogen-bond acceptors (Lipinski definition) is 5. The molecule has 2 aromatic rings. The van der Waals surface area contributed by atoms with Crippen molar-refractivity contribution in [3.8, 4) is 5.75 Å². The number of benzene rings is 2. The monoisotopic (exact) mass is 363 g/mol. The van der Waals surface area contributed by atoms with Crippen molar-refractivity contribution in [2.24, 2.45) is 0 Å². The largest absolute Gasteiger partial charge is 0.383 e. The molecule has 0 heterocycles. The molecule has 2 rings (SSSR count). The van der Waals surface area contributed by atoms with Gasteiger partial charge in [-0.15, -0.1) is 0 Å². The highest BCUT2D eigenvalue weighted by atomic mass is 32.2. The van der Waals surface area contributed by atoms with Gasteiger partial charge in [-0.1, -0.05) is 32.9 Å². The van der Waals surface area contributed by atoms with Crippen LogP contribution in [0.3, 0.4) is 0 Å². The quantitative estimate of drug-likeness (QED) is 0.785. The Kier molecular flexibility index (Phi) is 5.87. The van der Waals surface area contributed by atoms with Gasteiger partial charge in [0, 0.05) is 0 Å². The van der Waals surface area contributed by atoms with Crippen LogP contribution >= 0.6 is 0 Å². The summed E-state index contributed by atoms with van der Waals surface area (Å²) in [6.45, 7) is 9.98. The van der Waals surface area contributed by atoms with Crippen LogP contribution in [0.2, 0.25) is 0 Å². The molecule has 0 bridgehead atoms. The zero-order chi connectivity index (χ0) is 18.7. The van der Waals surface area contributed by atoms with Gasteiger partial charge in [-0.25, -0.2) is 8.42 Å². The van der Waals surface area contributed by atoms with Gasteiger partial charge < -0.3 is 4.84 Å². The van der Waals surface area contributed by atoms with Crippen molar-refractivity contribution in [2.75, 3.05) is 0 Å². The van der Waals surface area contributed by atoms with E-state index in [4.69, 9.17) is 9.68 Å². The molecular formula is C19H25NO4S. The molecule has 0 atom stereocenters. The smallest absolute Gasteiger partial charge is 0.206 e. The second-order valence-corrected chi connectivity index (χ2v) is 9.05. The fourth-order valence-corrected chi connectivity index (χ4v) is 3.39. The van der Waals surface area contributed by atoms with Crippen molar-refractivity contribution in [1.29, 1.82) is 0 Å². The number of nitrogens with one attached hydrogen (secondary N) is 1. The summed E-state index contributed by atoms with van der Waals surface area (Å²) in [4.78, 5) is 10.7. The molecule has 5 nitrogen and oxygen atoms in total. The van der Waals surface area contributed by atoms with Gasteiger partial charge in [0.2, 0.25) is 9.84 Å². The molecule has 0 saturated carbocycles. The fraction of sp³-hybridized carbons (Fsp3) is 0.368. The van der Waals surface area contributed by atoms with E-state index in [1.54, 1.807) is 24.3 Å². The van der Waals surface area contributed by atoms with Crippen LogP contribution in [0.5, 0.6) is 5.75 Å². The molecule has 2 aromatic carbocycles. The van der Waals surface area contributed by atoms with Crippen LogP contribution < -0.4 is 10.5 Å². The van der Waals surface area contributed by atoms with Gasteiger partial charge in [0.25, 0.3) is 0 Å². The minimum Gasteiger partial charge on any atom is -0.383 e. The minimum atomic E-state index is -3.56. The van der Waals surface area contributed by atoms with E-state index in [0.717, 1.165) is 5.56 Å². The number of hydrogen-bond donors (Lipinski definition) is 1. The third-order valence-electron chi connectivity index (χ3n) is 3.61. The third kappa shape index (κ3) is 5.04. The van der Waals surface area contributed by atoms with Crippen molar-refractivity contribution in [3.05, 3.63) is 54.1 Å². The van der Waals surface area contributed by atoms with E-state index in [9.17, 15) is 8.42 Å². The fourth-order valence-electron chi connectivity index (χ4n) is 2.13. The van der Waals surface area contributed by atoms with Gasteiger partial charge in [0.05, 0.1) is 15.9 Å². The Hall–Kier alpha value is -1.89. The Balaban J connectivity index is 2.16. The molecule has 0 aliphatic rings. The zero-order valence-corrected chi connectivity index (χ0v) is 16.1. The maximum atomic E-state index is 12.7. The average Bonchev–Trinajstić information content (AvgIpc) is 2.54. The third-order valence-corrected chi connectivity index (χ3v) is 5.39. The van der Waals surface area contributed by atoms with E-state index in [-0.39, 0.29) is 21.3 Å². The summed E-state index contributed by atoms with van der Waals surface area (Å²) in [5.74, 6) is 0.461. The van der Waals surface area contributed by atoms with Crippen LogP contribution in [0.25, 0.3) is 0 Å². The summed E-state index contributed by atoms with van der Waals surface area (Å²) in [6, 6.07) is 13.2. The molecule has 1 N–H and O–H groups in total. The molecule has 0 aromatic heterocycles. The summed E-state index contributed by atoms with van der Waals surface area (Å²) < 4.78 is 25.5. The summed E-state index contributed by atoms with van der Waals surface area (Å²) >= 11 is 0. The first-order valence-corrected chi connectivity index (χ1v) is 9.62.